The zero-order valence-electron chi connectivity index (χ0n) is 11.5. The topological polar surface area (TPSA) is 29.9 Å². The first-order valence-electron chi connectivity index (χ1n) is 7.02. The highest BCUT2D eigenvalue weighted by molar-refractivity contribution is 9.10. The van der Waals surface area contributed by atoms with Crippen LogP contribution in [0.15, 0.2) is 22.7 Å². The highest BCUT2D eigenvalue weighted by atomic mass is 79.9. The van der Waals surface area contributed by atoms with E-state index in [1.165, 1.54) is 24.2 Å². The number of fused-ring (bicyclic) bond motifs is 1. The first kappa shape index (κ1) is 13.1. The number of nitrogens with one attached hydrogen (secondary N) is 1. The Balaban J connectivity index is 1.91. The zero-order valence-corrected chi connectivity index (χ0v) is 13.1. The summed E-state index contributed by atoms with van der Waals surface area (Å²) in [5, 5.41) is 3.50. The van der Waals surface area contributed by atoms with Crippen molar-refractivity contribution in [1.29, 1.82) is 0 Å². The van der Waals surface area contributed by atoms with Crippen molar-refractivity contribution in [2.75, 3.05) is 6.54 Å². The van der Waals surface area contributed by atoms with Gasteiger partial charge in [-0.1, -0.05) is 29.8 Å². The van der Waals surface area contributed by atoms with Crippen molar-refractivity contribution in [2.45, 2.75) is 39.3 Å². The van der Waals surface area contributed by atoms with Crippen molar-refractivity contribution in [3.05, 3.63) is 28.5 Å². The van der Waals surface area contributed by atoms with Gasteiger partial charge in [-0.2, -0.15) is 0 Å². The fourth-order valence-electron chi connectivity index (χ4n) is 2.46. The van der Waals surface area contributed by atoms with Crippen molar-refractivity contribution < 1.29 is 0 Å². The minimum atomic E-state index is 0.669. The highest BCUT2D eigenvalue weighted by Crippen LogP contribution is 2.39. The average molecular weight is 322 g/mol. The van der Waals surface area contributed by atoms with Gasteiger partial charge in [0.25, 0.3) is 0 Å². The van der Waals surface area contributed by atoms with E-state index in [4.69, 9.17) is 4.98 Å². The maximum Gasteiger partial charge on any atom is 0.124 e. The first-order chi connectivity index (χ1) is 9.15. The maximum atomic E-state index is 4.80. The Morgan fingerprint density at radius 1 is 1.42 bits per heavy atom. The number of hydrogen-bond acceptors (Lipinski definition) is 2. The molecule has 0 saturated heterocycles. The van der Waals surface area contributed by atoms with Crippen LogP contribution in [0.25, 0.3) is 11.0 Å². The van der Waals surface area contributed by atoms with Gasteiger partial charge in [0.05, 0.1) is 17.6 Å². The summed E-state index contributed by atoms with van der Waals surface area (Å²) in [5.74, 6) is 1.85. The van der Waals surface area contributed by atoms with E-state index in [0.29, 0.717) is 12.0 Å². The number of halogens is 1. The van der Waals surface area contributed by atoms with E-state index < -0.39 is 0 Å². The van der Waals surface area contributed by atoms with E-state index in [-0.39, 0.29) is 0 Å². The number of aromatic nitrogens is 2. The van der Waals surface area contributed by atoms with Crippen LogP contribution in [0.5, 0.6) is 0 Å². The first-order valence-corrected chi connectivity index (χ1v) is 7.81. The molecule has 4 heteroatoms. The van der Waals surface area contributed by atoms with Gasteiger partial charge in [-0.05, 0) is 43.5 Å². The molecule has 1 aliphatic rings. The molecule has 0 radical (unpaired) electrons. The normalized spacial score (nSPS) is 15.6. The molecule has 1 heterocycles. The second-order valence-corrected chi connectivity index (χ2v) is 6.70. The van der Waals surface area contributed by atoms with Crippen LogP contribution in [0, 0.1) is 5.92 Å². The van der Waals surface area contributed by atoms with Crippen LogP contribution in [0.2, 0.25) is 0 Å². The molecule has 2 aromatic rings. The molecule has 0 spiro atoms. The summed E-state index contributed by atoms with van der Waals surface area (Å²) >= 11 is 3.53. The third kappa shape index (κ3) is 2.84. The molecule has 1 saturated carbocycles. The molecule has 1 aromatic carbocycles. The van der Waals surface area contributed by atoms with Crippen molar-refractivity contribution >= 4 is 27.0 Å². The molecule has 1 fully saturated rings. The molecule has 1 aliphatic carbocycles. The smallest absolute Gasteiger partial charge is 0.124 e. The van der Waals surface area contributed by atoms with Crippen LogP contribution >= 0.6 is 15.9 Å². The summed E-state index contributed by atoms with van der Waals surface area (Å²) in [4.78, 5) is 4.80. The van der Waals surface area contributed by atoms with Crippen LogP contribution in [0.3, 0.4) is 0 Å². The van der Waals surface area contributed by atoms with Gasteiger partial charge < -0.3 is 9.88 Å². The molecule has 0 bridgehead atoms. The second kappa shape index (κ2) is 5.25. The summed E-state index contributed by atoms with van der Waals surface area (Å²) in [7, 11) is 0. The third-order valence-corrected chi connectivity index (χ3v) is 3.97. The Hall–Kier alpha value is -0.870. The lowest BCUT2D eigenvalue weighted by atomic mass is 10.2. The Morgan fingerprint density at radius 3 is 2.89 bits per heavy atom. The summed E-state index contributed by atoms with van der Waals surface area (Å²) in [5.41, 5.74) is 2.37. The lowest BCUT2D eigenvalue weighted by molar-refractivity contribution is 0.531. The molecule has 0 amide bonds. The summed E-state index contributed by atoms with van der Waals surface area (Å²) in [6.45, 7) is 6.36. The number of benzene rings is 1. The summed E-state index contributed by atoms with van der Waals surface area (Å²) < 4.78 is 3.52. The minimum Gasteiger partial charge on any atom is -0.324 e. The number of imidazole rings is 1. The van der Waals surface area contributed by atoms with Crippen molar-refractivity contribution in [3.63, 3.8) is 0 Å². The van der Waals surface area contributed by atoms with E-state index in [9.17, 15) is 0 Å². The van der Waals surface area contributed by atoms with Gasteiger partial charge in [0.1, 0.15) is 5.82 Å². The second-order valence-electron chi connectivity index (χ2n) is 5.79. The average Bonchev–Trinajstić information content (AvgIpc) is 3.11. The standard InChI is InChI=1S/C15H20BrN3/c1-10(2)8-17-9-15-18-13-7-11(16)3-6-14(13)19(15)12-4-5-12/h3,6-7,10,12,17H,4-5,8-9H2,1-2H3. The SMILES string of the molecule is CC(C)CNCc1nc2cc(Br)ccc2n1C1CC1. The van der Waals surface area contributed by atoms with Crippen LogP contribution in [0.4, 0.5) is 0 Å². The van der Waals surface area contributed by atoms with E-state index in [1.807, 2.05) is 0 Å². The Morgan fingerprint density at radius 2 is 2.21 bits per heavy atom. The highest BCUT2D eigenvalue weighted by Gasteiger charge is 2.27. The molecule has 102 valence electrons. The van der Waals surface area contributed by atoms with Gasteiger partial charge >= 0.3 is 0 Å². The number of rotatable bonds is 5. The maximum absolute atomic E-state index is 4.80. The molecule has 3 nitrogen and oxygen atoms in total. The summed E-state index contributed by atoms with van der Waals surface area (Å²) in [6, 6.07) is 7.06. The van der Waals surface area contributed by atoms with E-state index in [2.05, 4.69) is 57.9 Å². The summed E-state index contributed by atoms with van der Waals surface area (Å²) in [6.07, 6.45) is 2.58. The largest absolute Gasteiger partial charge is 0.324 e. The van der Waals surface area contributed by atoms with Crippen LogP contribution < -0.4 is 5.32 Å². The Labute approximate surface area is 122 Å². The van der Waals surface area contributed by atoms with Crippen LogP contribution in [0.1, 0.15) is 38.6 Å². The molecule has 0 unspecified atom stereocenters. The lowest BCUT2D eigenvalue weighted by Crippen LogP contribution is -2.21. The monoisotopic (exact) mass is 321 g/mol. The predicted octanol–water partition coefficient (Wildman–Crippen LogP) is 3.88. The van der Waals surface area contributed by atoms with Crippen molar-refractivity contribution in [3.8, 4) is 0 Å². The molecular weight excluding hydrogens is 302 g/mol. The number of nitrogens with zero attached hydrogens (tertiary/aromatic N) is 2. The van der Waals surface area contributed by atoms with Gasteiger partial charge in [0.15, 0.2) is 0 Å². The van der Waals surface area contributed by atoms with Gasteiger partial charge in [-0.15, -0.1) is 0 Å². The Kier molecular flexibility index (Phi) is 3.63. The molecule has 0 atom stereocenters. The molecular formula is C15H20BrN3. The van der Waals surface area contributed by atoms with E-state index >= 15 is 0 Å². The van der Waals surface area contributed by atoms with E-state index in [0.717, 1.165) is 23.1 Å². The molecule has 1 N–H and O–H groups in total. The van der Waals surface area contributed by atoms with Gasteiger partial charge in [0.2, 0.25) is 0 Å². The number of hydrogen-bond donors (Lipinski definition) is 1. The Bertz CT molecular complexity index is 584. The van der Waals surface area contributed by atoms with Crippen LogP contribution in [-0.4, -0.2) is 16.1 Å². The molecule has 3 rings (SSSR count). The van der Waals surface area contributed by atoms with Crippen molar-refractivity contribution in [2.24, 2.45) is 5.92 Å². The quantitative estimate of drug-likeness (QED) is 0.905. The zero-order chi connectivity index (χ0) is 13.4. The lowest BCUT2D eigenvalue weighted by Gasteiger charge is -2.10. The fourth-order valence-corrected chi connectivity index (χ4v) is 2.81. The molecule has 0 aliphatic heterocycles. The van der Waals surface area contributed by atoms with Crippen molar-refractivity contribution in [1.82, 2.24) is 14.9 Å². The van der Waals surface area contributed by atoms with Gasteiger partial charge in [0, 0.05) is 10.5 Å². The minimum absolute atomic E-state index is 0.669. The fraction of sp³-hybridized carbons (Fsp3) is 0.533. The van der Waals surface area contributed by atoms with Gasteiger partial charge in [-0.3, -0.25) is 0 Å². The van der Waals surface area contributed by atoms with Crippen LogP contribution in [-0.2, 0) is 6.54 Å². The van der Waals surface area contributed by atoms with Gasteiger partial charge in [-0.25, -0.2) is 4.98 Å². The molecule has 1 aromatic heterocycles. The van der Waals surface area contributed by atoms with E-state index in [1.54, 1.807) is 0 Å². The third-order valence-electron chi connectivity index (χ3n) is 3.47. The molecule has 19 heavy (non-hydrogen) atoms. The predicted molar refractivity (Wildman–Crippen MR) is 82.2 cm³/mol.